The average Bonchev–Trinajstić information content (AvgIpc) is 3.37. The molecular weight excluding hydrogens is 781 g/mol. The van der Waals surface area contributed by atoms with Crippen molar-refractivity contribution in [1.82, 2.24) is 29.9 Å². The van der Waals surface area contributed by atoms with E-state index < -0.39 is 0 Å². The molecule has 6 nitrogen and oxygen atoms in total. The van der Waals surface area contributed by atoms with E-state index in [0.717, 1.165) is 100 Å². The number of nitrogens with zero attached hydrogens (tertiary/aromatic N) is 6. The monoisotopic (exact) mass is 814 g/mol. The fraction of sp³-hybridized carbons (Fsp3) is 0. The highest BCUT2D eigenvalue weighted by atomic mass is 14.8. The molecule has 13 aromatic rings. The van der Waals surface area contributed by atoms with E-state index >= 15 is 0 Å². The molecule has 13 rings (SSSR count). The van der Waals surface area contributed by atoms with Gasteiger partial charge in [0.05, 0.1) is 45.6 Å². The Morgan fingerprint density at radius 3 is 0.922 bits per heavy atom. The summed E-state index contributed by atoms with van der Waals surface area (Å²) in [4.78, 5) is 29.8. The van der Waals surface area contributed by atoms with Crippen molar-refractivity contribution < 1.29 is 0 Å². The summed E-state index contributed by atoms with van der Waals surface area (Å²) in [6, 6.07) is 64.2. The summed E-state index contributed by atoms with van der Waals surface area (Å²) >= 11 is 0. The molecule has 0 amide bonds. The molecule has 7 aromatic carbocycles. The van der Waals surface area contributed by atoms with Crippen LogP contribution in [0.4, 0.5) is 0 Å². The van der Waals surface area contributed by atoms with Gasteiger partial charge < -0.3 is 0 Å². The van der Waals surface area contributed by atoms with Crippen LogP contribution in [0.5, 0.6) is 0 Å². The van der Waals surface area contributed by atoms with E-state index in [0.29, 0.717) is 0 Å². The Balaban J connectivity index is 1.28. The van der Waals surface area contributed by atoms with Crippen molar-refractivity contribution in [2.75, 3.05) is 0 Å². The highest BCUT2D eigenvalue weighted by Crippen LogP contribution is 2.52. The van der Waals surface area contributed by atoms with Gasteiger partial charge in [-0.25, -0.2) is 9.97 Å². The lowest BCUT2D eigenvalue weighted by atomic mass is 9.79. The standard InChI is InChI=1S/C58H34N6/c1-2-14-38-30-44-43(29-37(38)13-1)55(39-31-49(45-19-3-7-25-59-45)63-50(32-39)46-20-4-8-26-60-46)57-41-17-11-15-35-23-24-36-16-12-18-42(54(36)53(35)41)58(57)56(44)40-33-51(47-21-5-9-27-61-47)64-52(34-40)48-22-6-10-28-62-48/h1-34H. The third-order valence-corrected chi connectivity index (χ3v) is 12.5. The molecule has 296 valence electrons. The molecule has 64 heavy (non-hydrogen) atoms. The molecule has 0 fully saturated rings. The van der Waals surface area contributed by atoms with Crippen LogP contribution >= 0.6 is 0 Å². The van der Waals surface area contributed by atoms with Gasteiger partial charge in [-0.3, -0.25) is 19.9 Å². The summed E-state index contributed by atoms with van der Waals surface area (Å²) in [5, 5.41) is 14.1. The summed E-state index contributed by atoms with van der Waals surface area (Å²) < 4.78 is 0. The van der Waals surface area contributed by atoms with E-state index in [1.807, 2.05) is 97.6 Å². The van der Waals surface area contributed by atoms with Gasteiger partial charge >= 0.3 is 0 Å². The molecule has 0 atom stereocenters. The molecule has 6 heteroatoms. The van der Waals surface area contributed by atoms with Crippen LogP contribution in [-0.4, -0.2) is 29.9 Å². The zero-order chi connectivity index (χ0) is 42.1. The van der Waals surface area contributed by atoms with Gasteiger partial charge in [0, 0.05) is 24.8 Å². The summed E-state index contributed by atoms with van der Waals surface area (Å²) in [5.41, 5.74) is 10.6. The van der Waals surface area contributed by atoms with E-state index in [1.54, 1.807) is 0 Å². The Hall–Kier alpha value is -8.74. The average molecular weight is 815 g/mol. The Morgan fingerprint density at radius 2 is 0.578 bits per heavy atom. The Labute approximate surface area is 367 Å². The first-order valence-electron chi connectivity index (χ1n) is 21.4. The maximum atomic E-state index is 5.25. The van der Waals surface area contributed by atoms with Crippen LogP contribution in [0, 0.1) is 0 Å². The molecule has 0 N–H and O–H groups in total. The third kappa shape index (κ3) is 5.73. The normalized spacial score (nSPS) is 11.8. The molecule has 0 unspecified atom stereocenters. The summed E-state index contributed by atoms with van der Waals surface area (Å²) in [6.07, 6.45) is 7.31. The number of hydrogen-bond donors (Lipinski definition) is 0. The minimum Gasteiger partial charge on any atom is -0.255 e. The van der Waals surface area contributed by atoms with Crippen LogP contribution in [0.1, 0.15) is 0 Å². The zero-order valence-corrected chi connectivity index (χ0v) is 34.3. The first-order chi connectivity index (χ1) is 31.7. The topological polar surface area (TPSA) is 77.3 Å². The van der Waals surface area contributed by atoms with Gasteiger partial charge in [0.25, 0.3) is 0 Å². The molecular formula is C58H34N6. The molecule has 6 aromatic heterocycles. The number of fused-ring (bicyclic) bond motifs is 5. The molecule has 0 saturated carbocycles. The summed E-state index contributed by atoms with van der Waals surface area (Å²) in [5.74, 6) is 0. The number of rotatable bonds is 6. The van der Waals surface area contributed by atoms with Gasteiger partial charge in [0.1, 0.15) is 0 Å². The summed E-state index contributed by atoms with van der Waals surface area (Å²) in [6.45, 7) is 0. The highest BCUT2D eigenvalue weighted by Gasteiger charge is 2.26. The lowest BCUT2D eigenvalue weighted by Crippen LogP contribution is -1.99. The molecule has 6 heterocycles. The van der Waals surface area contributed by atoms with Crippen LogP contribution in [-0.2, 0) is 0 Å². The largest absolute Gasteiger partial charge is 0.255 e. The maximum Gasteiger partial charge on any atom is 0.0900 e. The molecule has 0 aliphatic heterocycles. The van der Waals surface area contributed by atoms with Crippen LogP contribution in [0.15, 0.2) is 207 Å². The van der Waals surface area contributed by atoms with Crippen molar-refractivity contribution in [3.05, 3.63) is 207 Å². The maximum absolute atomic E-state index is 5.25. The number of aromatic nitrogens is 6. The number of benzene rings is 7. The molecule has 0 bridgehead atoms. The molecule has 0 saturated heterocycles. The Kier molecular flexibility index (Phi) is 8.11. The lowest BCUT2D eigenvalue weighted by Gasteiger charge is -2.24. The second-order valence-electron chi connectivity index (χ2n) is 16.2. The van der Waals surface area contributed by atoms with Crippen molar-refractivity contribution >= 4 is 64.6 Å². The second kappa shape index (κ2) is 14.4. The van der Waals surface area contributed by atoms with E-state index in [2.05, 4.69) is 109 Å². The quantitative estimate of drug-likeness (QED) is 0.123. The number of pyridine rings is 6. The van der Waals surface area contributed by atoms with Crippen molar-refractivity contribution in [3.63, 3.8) is 0 Å². The van der Waals surface area contributed by atoms with Crippen molar-refractivity contribution in [1.29, 1.82) is 0 Å². The first-order valence-corrected chi connectivity index (χ1v) is 21.4. The van der Waals surface area contributed by atoms with Gasteiger partial charge in [-0.2, -0.15) is 0 Å². The minimum absolute atomic E-state index is 0.774. The van der Waals surface area contributed by atoms with Crippen molar-refractivity contribution in [2.24, 2.45) is 0 Å². The van der Waals surface area contributed by atoms with Crippen molar-refractivity contribution in [3.8, 4) is 67.8 Å². The Morgan fingerprint density at radius 1 is 0.234 bits per heavy atom. The van der Waals surface area contributed by atoms with Gasteiger partial charge in [-0.15, -0.1) is 0 Å². The van der Waals surface area contributed by atoms with Gasteiger partial charge in [0.15, 0.2) is 0 Å². The van der Waals surface area contributed by atoms with Crippen LogP contribution < -0.4 is 0 Å². The summed E-state index contributed by atoms with van der Waals surface area (Å²) in [7, 11) is 0. The van der Waals surface area contributed by atoms with Crippen molar-refractivity contribution in [2.45, 2.75) is 0 Å². The number of hydrogen-bond acceptors (Lipinski definition) is 6. The van der Waals surface area contributed by atoms with E-state index in [-0.39, 0.29) is 0 Å². The van der Waals surface area contributed by atoms with Gasteiger partial charge in [-0.05, 0) is 172 Å². The van der Waals surface area contributed by atoms with E-state index in [9.17, 15) is 0 Å². The van der Waals surface area contributed by atoms with Crippen LogP contribution in [0.2, 0.25) is 0 Å². The first kappa shape index (κ1) is 36.0. The van der Waals surface area contributed by atoms with E-state index in [1.165, 1.54) is 32.3 Å². The fourth-order valence-electron chi connectivity index (χ4n) is 9.82. The van der Waals surface area contributed by atoms with Gasteiger partial charge in [0.2, 0.25) is 0 Å². The molecule has 0 aliphatic rings. The predicted molar refractivity (Wildman–Crippen MR) is 262 cm³/mol. The molecule has 0 spiro atoms. The van der Waals surface area contributed by atoms with Crippen LogP contribution in [0.3, 0.4) is 0 Å². The lowest BCUT2D eigenvalue weighted by molar-refractivity contribution is 1.22. The smallest absolute Gasteiger partial charge is 0.0900 e. The van der Waals surface area contributed by atoms with Gasteiger partial charge in [-0.1, -0.05) is 97.1 Å². The highest BCUT2D eigenvalue weighted by molar-refractivity contribution is 6.41. The molecule has 0 radical (unpaired) electrons. The minimum atomic E-state index is 0.774. The SMILES string of the molecule is c1ccc(-c2cc(-c3c4cc5ccccc5cc4c(-c4cc(-c5ccccn5)nc(-c5ccccn5)c4)c4c5cccc6ccc7cccc(c34)c7c65)cc(-c3ccccn3)n2)nc1. The van der Waals surface area contributed by atoms with Crippen LogP contribution in [0.25, 0.3) is 132 Å². The van der Waals surface area contributed by atoms with E-state index in [4.69, 9.17) is 29.9 Å². The zero-order valence-electron chi connectivity index (χ0n) is 34.3. The third-order valence-electron chi connectivity index (χ3n) is 12.5. The Bertz CT molecular complexity index is 3560. The predicted octanol–water partition coefficient (Wildman–Crippen LogP) is 14.4. The molecule has 0 aliphatic carbocycles. The fourth-order valence-corrected chi connectivity index (χ4v) is 9.82. The second-order valence-corrected chi connectivity index (χ2v) is 16.2.